The maximum atomic E-state index is 11.7. The summed E-state index contributed by atoms with van der Waals surface area (Å²) in [6.07, 6.45) is -0.104. The first kappa shape index (κ1) is 20.6. The highest BCUT2D eigenvalue weighted by Crippen LogP contribution is 2.19. The van der Waals surface area contributed by atoms with Crippen molar-refractivity contribution in [2.75, 3.05) is 27.2 Å². The summed E-state index contributed by atoms with van der Waals surface area (Å²) in [4.78, 5) is 15.8. The molecule has 0 radical (unpaired) electrons. The van der Waals surface area contributed by atoms with Gasteiger partial charge in [-0.15, -0.1) is 0 Å². The third-order valence-corrected chi connectivity index (χ3v) is 2.98. The summed E-state index contributed by atoms with van der Waals surface area (Å²) in [6, 6.07) is 7.43. The highest BCUT2D eigenvalue weighted by Gasteiger charge is 2.16. The molecule has 0 fully saturated rings. The molecule has 25 heavy (non-hydrogen) atoms. The first-order chi connectivity index (χ1) is 11.7. The topological polar surface area (TPSA) is 81.2 Å². The number of nitrogens with one attached hydrogen (secondary N) is 2. The van der Waals surface area contributed by atoms with Crippen LogP contribution in [0.25, 0.3) is 0 Å². The van der Waals surface area contributed by atoms with E-state index in [2.05, 4.69) is 15.6 Å². The summed E-state index contributed by atoms with van der Waals surface area (Å²) in [5.41, 5.74) is -0.505. The van der Waals surface area contributed by atoms with Gasteiger partial charge in [0, 0.05) is 13.1 Å². The molecule has 0 saturated heterocycles. The minimum Gasteiger partial charge on any atom is -0.497 e. The van der Waals surface area contributed by atoms with Gasteiger partial charge in [-0.3, -0.25) is 9.79 Å². The molecule has 0 aromatic heterocycles. The fourth-order valence-electron chi connectivity index (χ4n) is 1.94. The number of hydrogen-bond donors (Lipinski definition) is 2. The lowest BCUT2D eigenvalue weighted by molar-refractivity contribution is -0.153. The van der Waals surface area contributed by atoms with E-state index in [9.17, 15) is 4.79 Å². The summed E-state index contributed by atoms with van der Waals surface area (Å²) in [6.45, 7) is 7.99. The predicted molar refractivity (Wildman–Crippen MR) is 98.3 cm³/mol. The molecule has 1 rings (SSSR count). The number of carbonyl (C=O) groups is 1. The number of esters is 1. The van der Waals surface area contributed by atoms with Crippen LogP contribution in [0.1, 0.15) is 27.7 Å². The molecule has 0 spiro atoms. The fraction of sp³-hybridized carbons (Fsp3) is 0.556. The summed E-state index contributed by atoms with van der Waals surface area (Å²) in [5.74, 6) is 1.64. The second-order valence-electron chi connectivity index (χ2n) is 6.50. The van der Waals surface area contributed by atoms with E-state index >= 15 is 0 Å². The summed E-state index contributed by atoms with van der Waals surface area (Å²) in [5, 5.41) is 6.03. The van der Waals surface area contributed by atoms with Crippen LogP contribution in [0.4, 0.5) is 0 Å². The van der Waals surface area contributed by atoms with Crippen molar-refractivity contribution in [2.24, 2.45) is 4.99 Å². The number of aliphatic imine (C=N–C) groups is 1. The van der Waals surface area contributed by atoms with Crippen LogP contribution in [-0.2, 0) is 9.53 Å². The van der Waals surface area contributed by atoms with Gasteiger partial charge in [-0.2, -0.15) is 0 Å². The summed E-state index contributed by atoms with van der Waals surface area (Å²) in [7, 11) is 3.25. The van der Waals surface area contributed by atoms with Crippen molar-refractivity contribution in [1.82, 2.24) is 10.6 Å². The summed E-state index contributed by atoms with van der Waals surface area (Å²) >= 11 is 0. The van der Waals surface area contributed by atoms with Crippen molar-refractivity contribution >= 4 is 11.9 Å². The molecule has 0 heterocycles. The largest absolute Gasteiger partial charge is 0.497 e. The predicted octanol–water partition coefficient (Wildman–Crippen LogP) is 1.97. The van der Waals surface area contributed by atoms with E-state index in [-0.39, 0.29) is 18.6 Å². The smallest absolute Gasteiger partial charge is 0.325 e. The number of ether oxygens (including phenoxy) is 3. The third kappa shape index (κ3) is 8.83. The second-order valence-corrected chi connectivity index (χ2v) is 6.50. The highest BCUT2D eigenvalue weighted by molar-refractivity contribution is 5.84. The van der Waals surface area contributed by atoms with Gasteiger partial charge >= 0.3 is 5.97 Å². The Kier molecular flexibility index (Phi) is 8.04. The zero-order chi connectivity index (χ0) is 18.9. The number of nitrogens with zero attached hydrogens (tertiary/aromatic N) is 1. The van der Waals surface area contributed by atoms with Crippen molar-refractivity contribution < 1.29 is 19.0 Å². The molecule has 1 atom stereocenters. The number of carbonyl (C=O) groups excluding carboxylic acids is 1. The number of hydrogen-bond acceptors (Lipinski definition) is 5. The first-order valence-corrected chi connectivity index (χ1v) is 8.20. The standard InChI is InChI=1S/C18H29N3O4/c1-13(24-15-9-7-8-14(10-15)23-6)11-20-17(19-5)21-12-16(22)25-18(2,3)4/h7-10,13H,11-12H2,1-6H3,(H2,19,20,21). The average molecular weight is 351 g/mol. The van der Waals surface area contributed by atoms with Gasteiger partial charge in [-0.05, 0) is 39.8 Å². The maximum absolute atomic E-state index is 11.7. The number of rotatable bonds is 7. The van der Waals surface area contributed by atoms with Gasteiger partial charge in [-0.25, -0.2) is 0 Å². The van der Waals surface area contributed by atoms with E-state index in [1.807, 2.05) is 52.0 Å². The Bertz CT molecular complexity index is 582. The minimum atomic E-state index is -0.505. The van der Waals surface area contributed by atoms with E-state index in [0.717, 1.165) is 11.5 Å². The monoisotopic (exact) mass is 351 g/mol. The lowest BCUT2D eigenvalue weighted by Crippen LogP contribution is -2.44. The van der Waals surface area contributed by atoms with Crippen LogP contribution in [0.3, 0.4) is 0 Å². The highest BCUT2D eigenvalue weighted by atomic mass is 16.6. The van der Waals surface area contributed by atoms with Crippen LogP contribution < -0.4 is 20.1 Å². The Balaban J connectivity index is 2.39. The van der Waals surface area contributed by atoms with Gasteiger partial charge in [-0.1, -0.05) is 6.07 Å². The van der Waals surface area contributed by atoms with Gasteiger partial charge < -0.3 is 24.8 Å². The van der Waals surface area contributed by atoms with E-state index in [4.69, 9.17) is 14.2 Å². The van der Waals surface area contributed by atoms with Crippen LogP contribution in [0.2, 0.25) is 0 Å². The van der Waals surface area contributed by atoms with E-state index in [0.29, 0.717) is 12.5 Å². The molecule has 7 nitrogen and oxygen atoms in total. The van der Waals surface area contributed by atoms with Crippen molar-refractivity contribution in [1.29, 1.82) is 0 Å². The molecule has 0 saturated carbocycles. The van der Waals surface area contributed by atoms with Gasteiger partial charge in [0.25, 0.3) is 0 Å². The first-order valence-electron chi connectivity index (χ1n) is 8.20. The fourth-order valence-corrected chi connectivity index (χ4v) is 1.94. The van der Waals surface area contributed by atoms with Crippen LogP contribution in [0, 0.1) is 0 Å². The molecule has 0 aliphatic rings. The SMILES string of the molecule is CN=C(NCC(=O)OC(C)(C)C)NCC(C)Oc1cccc(OC)c1. The van der Waals surface area contributed by atoms with E-state index in [1.54, 1.807) is 14.2 Å². The number of guanidine groups is 1. The van der Waals surface area contributed by atoms with E-state index in [1.165, 1.54) is 0 Å². The Hall–Kier alpha value is -2.44. The molecule has 2 N–H and O–H groups in total. The van der Waals surface area contributed by atoms with Crippen molar-refractivity contribution in [3.63, 3.8) is 0 Å². The molecule has 0 bridgehead atoms. The molecule has 0 aliphatic carbocycles. The number of benzene rings is 1. The lowest BCUT2D eigenvalue weighted by Gasteiger charge is -2.21. The molecule has 140 valence electrons. The zero-order valence-corrected chi connectivity index (χ0v) is 15.9. The normalized spacial score (nSPS) is 13.0. The molecule has 0 aliphatic heterocycles. The van der Waals surface area contributed by atoms with Crippen LogP contribution in [0.15, 0.2) is 29.3 Å². The van der Waals surface area contributed by atoms with Gasteiger partial charge in [0.15, 0.2) is 5.96 Å². The zero-order valence-electron chi connectivity index (χ0n) is 15.9. The van der Waals surface area contributed by atoms with Crippen LogP contribution in [0.5, 0.6) is 11.5 Å². The van der Waals surface area contributed by atoms with Crippen molar-refractivity contribution in [3.8, 4) is 11.5 Å². The molecule has 1 aromatic carbocycles. The van der Waals surface area contributed by atoms with Crippen molar-refractivity contribution in [2.45, 2.75) is 39.4 Å². The quantitative estimate of drug-likeness (QED) is 0.444. The molecule has 1 aromatic rings. The Morgan fingerprint density at radius 1 is 1.24 bits per heavy atom. The molecule has 1 unspecified atom stereocenters. The van der Waals surface area contributed by atoms with Crippen LogP contribution >= 0.6 is 0 Å². The Labute approximate surface area is 149 Å². The molecular formula is C18H29N3O4. The van der Waals surface area contributed by atoms with Gasteiger partial charge in [0.1, 0.15) is 29.7 Å². The van der Waals surface area contributed by atoms with Gasteiger partial charge in [0.05, 0.1) is 13.7 Å². The number of methoxy groups -OCH3 is 1. The maximum Gasteiger partial charge on any atom is 0.325 e. The minimum absolute atomic E-state index is 0.0437. The average Bonchev–Trinajstić information content (AvgIpc) is 2.53. The summed E-state index contributed by atoms with van der Waals surface area (Å²) < 4.78 is 16.2. The Morgan fingerprint density at radius 3 is 2.52 bits per heavy atom. The van der Waals surface area contributed by atoms with Gasteiger partial charge in [0.2, 0.25) is 0 Å². The molecular weight excluding hydrogens is 322 g/mol. The lowest BCUT2D eigenvalue weighted by atomic mass is 10.2. The molecule has 0 amide bonds. The van der Waals surface area contributed by atoms with Crippen molar-refractivity contribution in [3.05, 3.63) is 24.3 Å². The second kappa shape index (κ2) is 9.76. The van der Waals surface area contributed by atoms with E-state index < -0.39 is 5.60 Å². The van der Waals surface area contributed by atoms with Crippen LogP contribution in [-0.4, -0.2) is 50.9 Å². The molecule has 7 heteroatoms. The third-order valence-electron chi connectivity index (χ3n) is 2.98. The Morgan fingerprint density at radius 2 is 1.92 bits per heavy atom.